The predicted molar refractivity (Wildman–Crippen MR) is 118 cm³/mol. The number of carbonyl (C=O) groups excluding carboxylic acids is 1. The van der Waals surface area contributed by atoms with Crippen LogP contribution >= 0.6 is 11.3 Å². The largest absolute Gasteiger partial charge is 0.340 e. The molecule has 3 aromatic heterocycles. The quantitative estimate of drug-likeness (QED) is 0.496. The molecule has 4 aromatic rings. The van der Waals surface area contributed by atoms with Crippen molar-refractivity contribution < 1.29 is 4.79 Å². The Kier molecular flexibility index (Phi) is 4.05. The van der Waals surface area contributed by atoms with Crippen molar-refractivity contribution in [2.75, 3.05) is 18.4 Å². The Morgan fingerprint density at radius 1 is 1.23 bits per heavy atom. The van der Waals surface area contributed by atoms with Gasteiger partial charge in [-0.15, -0.1) is 11.3 Å². The Morgan fingerprint density at radius 2 is 2.13 bits per heavy atom. The Hall–Kier alpha value is -3.26. The van der Waals surface area contributed by atoms with Crippen LogP contribution in [0, 0.1) is 5.92 Å². The number of hydrogen-bond donors (Lipinski definition) is 2. The van der Waals surface area contributed by atoms with Crippen LogP contribution < -0.4 is 5.32 Å². The van der Waals surface area contributed by atoms with Crippen molar-refractivity contribution >= 4 is 49.9 Å². The second kappa shape index (κ2) is 6.91. The SMILES string of the molecule is O=C([C@H]1CCc2c(sc3ncnc(Nc4ccc5[nH]ncc5c4)c23)C1)N1CC=CC1. The van der Waals surface area contributed by atoms with E-state index in [9.17, 15) is 4.79 Å². The molecule has 0 spiro atoms. The first kappa shape index (κ1) is 17.6. The summed E-state index contributed by atoms with van der Waals surface area (Å²) in [5.74, 6) is 1.17. The standard InChI is InChI=1S/C22H20N6OS/c29-22(28-7-1-2-8-28)13-3-5-16-18(10-13)30-21-19(16)20(23-12-24-21)26-15-4-6-17-14(9-15)11-25-27-17/h1-2,4,6,9,11-13H,3,5,7-8,10H2,(H,25,27)(H,23,24,26)/t13-/m0/s1. The lowest BCUT2D eigenvalue weighted by Crippen LogP contribution is -2.36. The highest BCUT2D eigenvalue weighted by atomic mass is 32.1. The monoisotopic (exact) mass is 416 g/mol. The Balaban J connectivity index is 1.32. The molecule has 2 N–H and O–H groups in total. The number of fused-ring (bicyclic) bond motifs is 4. The van der Waals surface area contributed by atoms with E-state index in [0.29, 0.717) is 0 Å². The van der Waals surface area contributed by atoms with Crippen LogP contribution in [0.25, 0.3) is 21.1 Å². The van der Waals surface area contributed by atoms with Gasteiger partial charge in [-0.25, -0.2) is 9.97 Å². The zero-order valence-corrected chi connectivity index (χ0v) is 17.1. The zero-order chi connectivity index (χ0) is 20.1. The van der Waals surface area contributed by atoms with Crippen molar-refractivity contribution in [2.24, 2.45) is 5.92 Å². The maximum Gasteiger partial charge on any atom is 0.226 e. The van der Waals surface area contributed by atoms with E-state index in [4.69, 9.17) is 0 Å². The number of rotatable bonds is 3. The van der Waals surface area contributed by atoms with E-state index in [0.717, 1.165) is 65.0 Å². The molecule has 0 unspecified atom stereocenters. The number of thiophene rings is 1. The van der Waals surface area contributed by atoms with Gasteiger partial charge in [0.05, 0.1) is 17.1 Å². The molecule has 2 aliphatic rings. The maximum absolute atomic E-state index is 12.9. The molecule has 1 aliphatic carbocycles. The number of hydrogen-bond acceptors (Lipinski definition) is 6. The lowest BCUT2D eigenvalue weighted by molar-refractivity contribution is -0.134. The first-order chi connectivity index (χ1) is 14.8. The van der Waals surface area contributed by atoms with Crippen LogP contribution in [0.3, 0.4) is 0 Å². The van der Waals surface area contributed by atoms with Crippen molar-refractivity contribution in [1.82, 2.24) is 25.1 Å². The van der Waals surface area contributed by atoms with Crippen LogP contribution in [0.15, 0.2) is 42.9 Å². The Morgan fingerprint density at radius 3 is 3.03 bits per heavy atom. The molecule has 1 amide bonds. The van der Waals surface area contributed by atoms with Gasteiger partial charge < -0.3 is 10.2 Å². The van der Waals surface area contributed by atoms with Gasteiger partial charge in [-0.2, -0.15) is 5.10 Å². The maximum atomic E-state index is 12.9. The number of nitrogens with one attached hydrogen (secondary N) is 2. The van der Waals surface area contributed by atoms with Crippen molar-refractivity contribution in [3.8, 4) is 0 Å². The Bertz CT molecular complexity index is 1300. The summed E-state index contributed by atoms with van der Waals surface area (Å²) in [7, 11) is 0. The highest BCUT2D eigenvalue weighted by Crippen LogP contribution is 2.41. The Labute approximate surface area is 176 Å². The van der Waals surface area contributed by atoms with Gasteiger partial charge in [0.1, 0.15) is 17.0 Å². The molecule has 7 nitrogen and oxygen atoms in total. The number of aryl methyl sites for hydroxylation is 1. The molecule has 0 fully saturated rings. The summed E-state index contributed by atoms with van der Waals surface area (Å²) in [4.78, 5) is 26.1. The number of carbonyl (C=O) groups is 1. The van der Waals surface area contributed by atoms with Gasteiger partial charge in [0, 0.05) is 35.0 Å². The molecule has 1 aromatic carbocycles. The number of aromatic nitrogens is 4. The van der Waals surface area contributed by atoms with Gasteiger partial charge >= 0.3 is 0 Å². The van der Waals surface area contributed by atoms with E-state index in [1.54, 1.807) is 17.7 Å². The molecule has 30 heavy (non-hydrogen) atoms. The number of benzene rings is 1. The lowest BCUT2D eigenvalue weighted by Gasteiger charge is -2.26. The first-order valence-electron chi connectivity index (χ1n) is 10.2. The third-order valence-corrected chi connectivity index (χ3v) is 7.19. The molecule has 0 bridgehead atoms. The fourth-order valence-electron chi connectivity index (χ4n) is 4.49. The summed E-state index contributed by atoms with van der Waals surface area (Å²) >= 11 is 1.70. The summed E-state index contributed by atoms with van der Waals surface area (Å²) in [6.07, 6.45) is 10.1. The van der Waals surface area contributed by atoms with Crippen LogP contribution in [0.2, 0.25) is 0 Å². The molecule has 0 radical (unpaired) electrons. The minimum Gasteiger partial charge on any atom is -0.340 e. The van der Waals surface area contributed by atoms with E-state index in [2.05, 4.69) is 43.7 Å². The summed E-state index contributed by atoms with van der Waals surface area (Å²) < 4.78 is 0. The molecule has 1 aliphatic heterocycles. The fourth-order valence-corrected chi connectivity index (χ4v) is 5.76. The van der Waals surface area contributed by atoms with E-state index >= 15 is 0 Å². The molecular formula is C22H20N6OS. The predicted octanol–water partition coefficient (Wildman–Crippen LogP) is 3.81. The molecule has 6 rings (SSSR count). The topological polar surface area (TPSA) is 86.8 Å². The third-order valence-electron chi connectivity index (χ3n) is 6.03. The average molecular weight is 417 g/mol. The summed E-state index contributed by atoms with van der Waals surface area (Å²) in [5, 5.41) is 12.7. The molecule has 0 saturated heterocycles. The van der Waals surface area contributed by atoms with Gasteiger partial charge in [-0.3, -0.25) is 9.89 Å². The average Bonchev–Trinajstić information content (AvgIpc) is 3.51. The summed E-state index contributed by atoms with van der Waals surface area (Å²) in [6.45, 7) is 1.49. The van der Waals surface area contributed by atoms with Crippen molar-refractivity contribution in [3.05, 3.63) is 53.3 Å². The number of amides is 1. The van der Waals surface area contributed by atoms with Gasteiger partial charge in [-0.1, -0.05) is 12.2 Å². The van der Waals surface area contributed by atoms with Crippen LogP contribution in [0.5, 0.6) is 0 Å². The highest BCUT2D eigenvalue weighted by molar-refractivity contribution is 7.19. The second-order valence-electron chi connectivity index (χ2n) is 7.86. The summed E-state index contributed by atoms with van der Waals surface area (Å²) in [6, 6.07) is 6.09. The first-order valence-corrected chi connectivity index (χ1v) is 11.0. The van der Waals surface area contributed by atoms with Gasteiger partial charge in [0.2, 0.25) is 5.91 Å². The third kappa shape index (κ3) is 2.87. The van der Waals surface area contributed by atoms with E-state index in [1.165, 1.54) is 10.4 Å². The highest BCUT2D eigenvalue weighted by Gasteiger charge is 2.31. The van der Waals surface area contributed by atoms with Crippen LogP contribution in [-0.4, -0.2) is 44.1 Å². The number of anilines is 2. The lowest BCUT2D eigenvalue weighted by atomic mass is 9.87. The molecule has 8 heteroatoms. The molecule has 150 valence electrons. The molecular weight excluding hydrogens is 396 g/mol. The zero-order valence-electron chi connectivity index (χ0n) is 16.3. The minimum absolute atomic E-state index is 0.0679. The van der Waals surface area contributed by atoms with E-state index in [1.807, 2.05) is 23.2 Å². The van der Waals surface area contributed by atoms with Crippen LogP contribution in [0.1, 0.15) is 16.9 Å². The van der Waals surface area contributed by atoms with Crippen molar-refractivity contribution in [3.63, 3.8) is 0 Å². The number of nitrogens with zero attached hydrogens (tertiary/aromatic N) is 4. The number of aromatic amines is 1. The van der Waals surface area contributed by atoms with E-state index < -0.39 is 0 Å². The second-order valence-corrected chi connectivity index (χ2v) is 8.94. The van der Waals surface area contributed by atoms with Crippen molar-refractivity contribution in [1.29, 1.82) is 0 Å². The van der Waals surface area contributed by atoms with Crippen LogP contribution in [0.4, 0.5) is 11.5 Å². The normalized spacial score (nSPS) is 18.3. The van der Waals surface area contributed by atoms with Gasteiger partial charge in [0.25, 0.3) is 0 Å². The van der Waals surface area contributed by atoms with Crippen molar-refractivity contribution in [2.45, 2.75) is 19.3 Å². The fraction of sp³-hybridized carbons (Fsp3) is 0.273. The molecule has 4 heterocycles. The summed E-state index contributed by atoms with van der Waals surface area (Å²) in [5.41, 5.74) is 3.27. The number of H-pyrrole nitrogens is 1. The van der Waals surface area contributed by atoms with Gasteiger partial charge in [0.15, 0.2) is 0 Å². The smallest absolute Gasteiger partial charge is 0.226 e. The van der Waals surface area contributed by atoms with Crippen LogP contribution in [-0.2, 0) is 17.6 Å². The van der Waals surface area contributed by atoms with E-state index in [-0.39, 0.29) is 11.8 Å². The van der Waals surface area contributed by atoms with Gasteiger partial charge in [-0.05, 0) is 43.0 Å². The molecule has 0 saturated carbocycles. The molecule has 1 atom stereocenters. The minimum atomic E-state index is 0.0679.